The summed E-state index contributed by atoms with van der Waals surface area (Å²) in [7, 11) is 0. The molecule has 0 spiro atoms. The number of phenols is 1. The third kappa shape index (κ3) is 3.18. The molecular formula is C15H9Cl2FO2. The number of carbonyl (C=O) groups is 1. The summed E-state index contributed by atoms with van der Waals surface area (Å²) in [6.07, 6.45) is 2.61. The minimum Gasteiger partial charge on any atom is -0.507 e. The Labute approximate surface area is 125 Å². The summed E-state index contributed by atoms with van der Waals surface area (Å²) < 4.78 is 13.1. The Morgan fingerprint density at radius 3 is 2.45 bits per heavy atom. The fraction of sp³-hybridized carbons (Fsp3) is 0. The first-order valence-electron chi connectivity index (χ1n) is 5.64. The highest BCUT2D eigenvalue weighted by Crippen LogP contribution is 2.26. The molecule has 0 amide bonds. The molecule has 2 rings (SSSR count). The second-order valence-electron chi connectivity index (χ2n) is 3.99. The van der Waals surface area contributed by atoms with Gasteiger partial charge in [0, 0.05) is 15.6 Å². The summed E-state index contributed by atoms with van der Waals surface area (Å²) in [5, 5.41) is 10.3. The lowest BCUT2D eigenvalue weighted by Crippen LogP contribution is -1.96. The van der Waals surface area contributed by atoms with Gasteiger partial charge in [-0.05, 0) is 42.5 Å². The van der Waals surface area contributed by atoms with Crippen molar-refractivity contribution >= 4 is 35.1 Å². The first kappa shape index (κ1) is 14.6. The van der Waals surface area contributed by atoms with Crippen molar-refractivity contribution in [3.63, 3.8) is 0 Å². The van der Waals surface area contributed by atoms with Crippen LogP contribution in [-0.4, -0.2) is 10.9 Å². The van der Waals surface area contributed by atoms with Crippen LogP contribution in [-0.2, 0) is 0 Å². The summed E-state index contributed by atoms with van der Waals surface area (Å²) in [5.41, 5.74) is 0.365. The highest BCUT2D eigenvalue weighted by atomic mass is 35.5. The van der Waals surface area contributed by atoms with E-state index < -0.39 is 11.6 Å². The van der Waals surface area contributed by atoms with Gasteiger partial charge in [-0.1, -0.05) is 29.3 Å². The summed E-state index contributed by atoms with van der Waals surface area (Å²) in [6, 6.07) is 8.12. The Balaban J connectivity index is 2.32. The molecule has 2 aromatic rings. The number of allylic oxidation sites excluding steroid dienone is 1. The molecule has 5 heteroatoms. The number of hydrogen-bond acceptors (Lipinski definition) is 2. The number of rotatable bonds is 3. The van der Waals surface area contributed by atoms with Gasteiger partial charge in [-0.25, -0.2) is 4.39 Å². The smallest absolute Gasteiger partial charge is 0.189 e. The zero-order valence-corrected chi connectivity index (χ0v) is 11.6. The zero-order valence-electron chi connectivity index (χ0n) is 10.1. The molecular weight excluding hydrogens is 302 g/mol. The van der Waals surface area contributed by atoms with Gasteiger partial charge in [0.2, 0.25) is 0 Å². The second kappa shape index (κ2) is 6.07. The van der Waals surface area contributed by atoms with E-state index in [0.29, 0.717) is 15.6 Å². The largest absolute Gasteiger partial charge is 0.507 e. The molecule has 2 nitrogen and oxygen atoms in total. The third-order valence-corrected chi connectivity index (χ3v) is 3.28. The standard InChI is InChI=1S/C15H9Cl2FO2/c16-12-2-1-3-13(17)10(12)5-7-15(20)11-8-9(18)4-6-14(11)19/h1-8,19H/b7-5+. The van der Waals surface area contributed by atoms with E-state index in [0.717, 1.165) is 18.2 Å². The highest BCUT2D eigenvalue weighted by molar-refractivity contribution is 6.37. The lowest BCUT2D eigenvalue weighted by molar-refractivity contribution is 0.104. The summed E-state index contributed by atoms with van der Waals surface area (Å²) in [5.74, 6) is -1.43. The molecule has 0 radical (unpaired) electrons. The van der Waals surface area contributed by atoms with Crippen molar-refractivity contribution in [1.82, 2.24) is 0 Å². The van der Waals surface area contributed by atoms with Crippen LogP contribution >= 0.6 is 23.2 Å². The molecule has 0 heterocycles. The maximum Gasteiger partial charge on any atom is 0.189 e. The van der Waals surface area contributed by atoms with Gasteiger partial charge in [-0.15, -0.1) is 0 Å². The van der Waals surface area contributed by atoms with Gasteiger partial charge in [-0.2, -0.15) is 0 Å². The molecule has 2 aromatic carbocycles. The van der Waals surface area contributed by atoms with E-state index in [9.17, 15) is 14.3 Å². The molecule has 0 saturated carbocycles. The van der Waals surface area contributed by atoms with E-state index in [4.69, 9.17) is 23.2 Å². The van der Waals surface area contributed by atoms with Crippen LogP contribution in [0.4, 0.5) is 4.39 Å². The van der Waals surface area contributed by atoms with Crippen molar-refractivity contribution in [3.8, 4) is 5.75 Å². The van der Waals surface area contributed by atoms with Gasteiger partial charge in [-0.3, -0.25) is 4.79 Å². The van der Waals surface area contributed by atoms with Gasteiger partial charge in [0.1, 0.15) is 11.6 Å². The quantitative estimate of drug-likeness (QED) is 0.657. The first-order valence-corrected chi connectivity index (χ1v) is 6.39. The van der Waals surface area contributed by atoms with Crippen LogP contribution in [0.25, 0.3) is 6.08 Å². The van der Waals surface area contributed by atoms with Crippen LogP contribution in [0.1, 0.15) is 15.9 Å². The summed E-state index contributed by atoms with van der Waals surface area (Å²) in [4.78, 5) is 11.9. The van der Waals surface area contributed by atoms with E-state index in [1.807, 2.05) is 0 Å². The van der Waals surface area contributed by atoms with Crippen molar-refractivity contribution in [2.45, 2.75) is 0 Å². The van der Waals surface area contributed by atoms with E-state index in [2.05, 4.69) is 0 Å². The second-order valence-corrected chi connectivity index (χ2v) is 4.81. The van der Waals surface area contributed by atoms with Gasteiger partial charge in [0.05, 0.1) is 5.56 Å². The molecule has 0 aliphatic carbocycles. The number of aromatic hydroxyl groups is 1. The molecule has 20 heavy (non-hydrogen) atoms. The normalized spacial score (nSPS) is 10.9. The predicted octanol–water partition coefficient (Wildman–Crippen LogP) is 4.73. The fourth-order valence-corrected chi connectivity index (χ4v) is 2.15. The van der Waals surface area contributed by atoms with Crippen molar-refractivity contribution in [1.29, 1.82) is 0 Å². The Morgan fingerprint density at radius 1 is 1.15 bits per heavy atom. The van der Waals surface area contributed by atoms with Gasteiger partial charge < -0.3 is 5.11 Å². The number of benzene rings is 2. The molecule has 0 unspecified atom stereocenters. The van der Waals surface area contributed by atoms with Crippen molar-refractivity contribution < 1.29 is 14.3 Å². The molecule has 0 aliphatic rings. The van der Waals surface area contributed by atoms with Crippen LogP contribution in [0.15, 0.2) is 42.5 Å². The van der Waals surface area contributed by atoms with Crippen LogP contribution in [0.3, 0.4) is 0 Å². The molecule has 102 valence electrons. The average Bonchev–Trinajstić information content (AvgIpc) is 2.40. The van der Waals surface area contributed by atoms with E-state index in [1.165, 1.54) is 12.2 Å². The number of hydrogen-bond donors (Lipinski definition) is 1. The minimum atomic E-state index is -0.602. The number of phenolic OH excluding ortho intramolecular Hbond substituents is 1. The monoisotopic (exact) mass is 310 g/mol. The maximum absolute atomic E-state index is 13.1. The molecule has 0 saturated heterocycles. The third-order valence-electron chi connectivity index (χ3n) is 2.63. The Hall–Kier alpha value is -1.84. The molecule has 0 bridgehead atoms. The molecule has 0 aromatic heterocycles. The Morgan fingerprint density at radius 2 is 1.80 bits per heavy atom. The SMILES string of the molecule is O=C(/C=C/c1c(Cl)cccc1Cl)c1cc(F)ccc1O. The molecule has 0 fully saturated rings. The van der Waals surface area contributed by atoms with Crippen LogP contribution in [0.5, 0.6) is 5.75 Å². The van der Waals surface area contributed by atoms with Crippen molar-refractivity contribution in [2.75, 3.05) is 0 Å². The summed E-state index contributed by atoms with van der Waals surface area (Å²) in [6.45, 7) is 0. The van der Waals surface area contributed by atoms with Crippen LogP contribution in [0, 0.1) is 5.82 Å². The number of halogens is 3. The lowest BCUT2D eigenvalue weighted by atomic mass is 10.1. The molecule has 0 atom stereocenters. The average molecular weight is 311 g/mol. The van der Waals surface area contributed by atoms with Crippen LogP contribution < -0.4 is 0 Å². The van der Waals surface area contributed by atoms with Gasteiger partial charge >= 0.3 is 0 Å². The topological polar surface area (TPSA) is 37.3 Å². The van der Waals surface area contributed by atoms with E-state index in [-0.39, 0.29) is 11.3 Å². The Bertz CT molecular complexity index is 676. The zero-order chi connectivity index (χ0) is 14.7. The van der Waals surface area contributed by atoms with E-state index in [1.54, 1.807) is 18.2 Å². The van der Waals surface area contributed by atoms with E-state index >= 15 is 0 Å². The van der Waals surface area contributed by atoms with Crippen molar-refractivity contribution in [3.05, 3.63) is 69.5 Å². The molecule has 1 N–H and O–H groups in total. The lowest BCUT2D eigenvalue weighted by Gasteiger charge is -2.02. The molecule has 0 aliphatic heterocycles. The number of ketones is 1. The Kier molecular flexibility index (Phi) is 4.42. The van der Waals surface area contributed by atoms with Crippen molar-refractivity contribution in [2.24, 2.45) is 0 Å². The fourth-order valence-electron chi connectivity index (χ4n) is 1.62. The van der Waals surface area contributed by atoms with Gasteiger partial charge in [0.15, 0.2) is 5.78 Å². The predicted molar refractivity (Wildman–Crippen MR) is 77.9 cm³/mol. The van der Waals surface area contributed by atoms with Crippen LogP contribution in [0.2, 0.25) is 10.0 Å². The van der Waals surface area contributed by atoms with Gasteiger partial charge in [0.25, 0.3) is 0 Å². The maximum atomic E-state index is 13.1. The highest BCUT2D eigenvalue weighted by Gasteiger charge is 2.10. The minimum absolute atomic E-state index is 0.121. The number of carbonyl (C=O) groups excluding carboxylic acids is 1. The summed E-state index contributed by atoms with van der Waals surface area (Å²) >= 11 is 11.9. The first-order chi connectivity index (χ1) is 9.49.